The van der Waals surface area contributed by atoms with E-state index in [0.29, 0.717) is 12.2 Å². The minimum atomic E-state index is -6.08. The van der Waals surface area contributed by atoms with Gasteiger partial charge in [0.25, 0.3) is 0 Å². The zero-order valence-corrected chi connectivity index (χ0v) is 12.8. The van der Waals surface area contributed by atoms with Crippen molar-refractivity contribution in [3.8, 4) is 0 Å². The Morgan fingerprint density at radius 1 is 0.783 bits per heavy atom. The molecule has 0 N–H and O–H groups in total. The highest BCUT2D eigenvalue weighted by atomic mass is 32.2. The van der Waals surface area contributed by atoms with Gasteiger partial charge < -0.3 is 8.37 Å². The fourth-order valence-corrected chi connectivity index (χ4v) is 2.47. The zero-order valence-electron chi connectivity index (χ0n) is 11.2. The molecular weight excluding hydrogens is 382 g/mol. The van der Waals surface area contributed by atoms with Crippen LogP contribution in [0.1, 0.15) is 13.8 Å². The molecule has 0 spiro atoms. The predicted octanol–water partition coefficient (Wildman–Crippen LogP) is 2.53. The molecule has 6 nitrogen and oxygen atoms in total. The lowest BCUT2D eigenvalue weighted by Crippen LogP contribution is -2.31. The van der Waals surface area contributed by atoms with Crippen LogP contribution in [-0.2, 0) is 28.6 Å². The first-order valence-corrected chi connectivity index (χ1v) is 8.18. The van der Waals surface area contributed by atoms with Crippen molar-refractivity contribution in [3.05, 3.63) is 23.7 Å². The van der Waals surface area contributed by atoms with E-state index in [1.807, 2.05) is 0 Å². The van der Waals surface area contributed by atoms with E-state index in [1.54, 1.807) is 0 Å². The number of halogens is 6. The Balaban J connectivity index is 3.05. The number of rotatable bonds is 4. The maximum Gasteiger partial charge on any atom is 0.534 e. The second-order valence-electron chi connectivity index (χ2n) is 4.65. The van der Waals surface area contributed by atoms with Crippen molar-refractivity contribution in [1.82, 2.24) is 0 Å². The maximum absolute atomic E-state index is 12.2. The molecule has 0 amide bonds. The van der Waals surface area contributed by atoms with Crippen LogP contribution in [0.25, 0.3) is 0 Å². The van der Waals surface area contributed by atoms with Gasteiger partial charge in [0.2, 0.25) is 0 Å². The van der Waals surface area contributed by atoms with Crippen LogP contribution in [0.5, 0.6) is 0 Å². The van der Waals surface area contributed by atoms with Crippen molar-refractivity contribution < 1.29 is 51.5 Å². The Hall–Kier alpha value is -1.44. The van der Waals surface area contributed by atoms with Crippen LogP contribution in [-0.4, -0.2) is 27.9 Å². The van der Waals surface area contributed by atoms with Gasteiger partial charge in [-0.3, -0.25) is 0 Å². The molecule has 23 heavy (non-hydrogen) atoms. The van der Waals surface area contributed by atoms with Gasteiger partial charge in [0.15, 0.2) is 0 Å². The topological polar surface area (TPSA) is 86.7 Å². The third-order valence-electron chi connectivity index (χ3n) is 2.58. The molecule has 0 bridgehead atoms. The summed E-state index contributed by atoms with van der Waals surface area (Å²) in [5, 5.41) is 0. The molecule has 0 unspecified atom stereocenters. The van der Waals surface area contributed by atoms with Crippen molar-refractivity contribution in [3.63, 3.8) is 0 Å². The summed E-state index contributed by atoms with van der Waals surface area (Å²) in [7, 11) is -12.2. The summed E-state index contributed by atoms with van der Waals surface area (Å²) >= 11 is 0. The summed E-state index contributed by atoms with van der Waals surface area (Å²) in [6.07, 6.45) is 1.12. The van der Waals surface area contributed by atoms with Gasteiger partial charge in [-0.05, 0) is 26.0 Å². The minimum absolute atomic E-state index is 0.560. The molecule has 0 aliphatic heterocycles. The summed E-state index contributed by atoms with van der Waals surface area (Å²) in [4.78, 5) is 0. The summed E-state index contributed by atoms with van der Waals surface area (Å²) in [6.45, 7) is 1.82. The van der Waals surface area contributed by atoms with Crippen LogP contribution >= 0.6 is 0 Å². The Morgan fingerprint density at radius 3 is 1.26 bits per heavy atom. The maximum atomic E-state index is 12.2. The van der Waals surface area contributed by atoms with E-state index in [1.165, 1.54) is 0 Å². The normalized spacial score (nSPS) is 19.1. The van der Waals surface area contributed by atoms with Gasteiger partial charge in [0.05, 0.1) is 5.41 Å². The van der Waals surface area contributed by atoms with Crippen LogP contribution in [0, 0.1) is 5.41 Å². The smallest absolute Gasteiger partial charge is 0.379 e. The Labute approximate surface area is 126 Å². The second-order valence-corrected chi connectivity index (χ2v) is 7.73. The molecule has 1 aliphatic rings. The van der Waals surface area contributed by atoms with Gasteiger partial charge in [-0.25, -0.2) is 0 Å². The van der Waals surface area contributed by atoms with Crippen molar-refractivity contribution in [1.29, 1.82) is 0 Å². The number of hydrogen-bond donors (Lipinski definition) is 0. The van der Waals surface area contributed by atoms with Crippen molar-refractivity contribution >= 4 is 20.2 Å². The first-order chi connectivity index (χ1) is 9.92. The lowest BCUT2D eigenvalue weighted by molar-refractivity contribution is -0.0540. The van der Waals surface area contributed by atoms with E-state index in [9.17, 15) is 43.2 Å². The summed E-state index contributed by atoms with van der Waals surface area (Å²) in [5.74, 6) is -1.91. The molecule has 0 heterocycles. The highest BCUT2D eigenvalue weighted by Crippen LogP contribution is 2.44. The van der Waals surface area contributed by atoms with Crippen LogP contribution < -0.4 is 0 Å². The SMILES string of the molecule is CC1(C)C(OS(=O)(=O)C(F)(F)F)=CC=C1OS(=O)(=O)C(F)(F)F. The molecule has 0 radical (unpaired) electrons. The zero-order chi connectivity index (χ0) is 18.5. The molecule has 0 aromatic heterocycles. The Bertz CT molecular complexity index is 689. The van der Waals surface area contributed by atoms with Crippen molar-refractivity contribution in [2.75, 3.05) is 0 Å². The quantitative estimate of drug-likeness (QED) is 0.417. The monoisotopic (exact) mass is 390 g/mol. The van der Waals surface area contributed by atoms with Gasteiger partial charge >= 0.3 is 31.3 Å². The predicted molar refractivity (Wildman–Crippen MR) is 62.1 cm³/mol. The fourth-order valence-electron chi connectivity index (χ4n) is 1.28. The van der Waals surface area contributed by atoms with Gasteiger partial charge in [-0.2, -0.15) is 43.2 Å². The lowest BCUT2D eigenvalue weighted by Gasteiger charge is -2.26. The van der Waals surface area contributed by atoms with Gasteiger partial charge in [-0.15, -0.1) is 0 Å². The third-order valence-corrected chi connectivity index (χ3v) is 4.52. The number of hydrogen-bond acceptors (Lipinski definition) is 6. The highest BCUT2D eigenvalue weighted by Gasteiger charge is 2.53. The Morgan fingerprint density at radius 2 is 1.04 bits per heavy atom. The molecule has 14 heteroatoms. The largest absolute Gasteiger partial charge is 0.534 e. The first kappa shape index (κ1) is 19.6. The molecule has 0 atom stereocenters. The fraction of sp³-hybridized carbons (Fsp3) is 0.556. The Kier molecular flexibility index (Phi) is 4.51. The van der Waals surface area contributed by atoms with E-state index in [4.69, 9.17) is 0 Å². The number of alkyl halides is 6. The second kappa shape index (κ2) is 5.29. The average molecular weight is 390 g/mol. The van der Waals surface area contributed by atoms with Crippen molar-refractivity contribution in [2.24, 2.45) is 5.41 Å². The summed E-state index contributed by atoms with van der Waals surface area (Å²) in [5.41, 5.74) is -13.5. The standard InChI is InChI=1S/C9H8F6O6S2/c1-7(2)5(20-22(16,17)8(10,11)12)3-4-6(7)21-23(18,19)9(13,14)15/h3-4H,1-2H3. The van der Waals surface area contributed by atoms with Gasteiger partial charge in [0.1, 0.15) is 11.5 Å². The van der Waals surface area contributed by atoms with E-state index < -0.39 is 48.2 Å². The van der Waals surface area contributed by atoms with Crippen LogP contribution in [0.15, 0.2) is 23.7 Å². The van der Waals surface area contributed by atoms with E-state index in [-0.39, 0.29) is 0 Å². The molecule has 0 saturated carbocycles. The minimum Gasteiger partial charge on any atom is -0.379 e. The molecular formula is C9H8F6O6S2. The van der Waals surface area contributed by atoms with Crippen molar-refractivity contribution in [2.45, 2.75) is 24.9 Å². The average Bonchev–Trinajstić information content (AvgIpc) is 2.52. The molecule has 0 saturated heterocycles. The van der Waals surface area contributed by atoms with Gasteiger partial charge in [0, 0.05) is 0 Å². The summed E-state index contributed by atoms with van der Waals surface area (Å²) in [6, 6.07) is 0. The van der Waals surface area contributed by atoms with Crippen LogP contribution in [0.4, 0.5) is 26.3 Å². The molecule has 1 aliphatic carbocycles. The highest BCUT2D eigenvalue weighted by molar-refractivity contribution is 7.88. The van der Waals surface area contributed by atoms with E-state index >= 15 is 0 Å². The molecule has 134 valence electrons. The molecule has 0 aromatic rings. The molecule has 0 aromatic carbocycles. The number of allylic oxidation sites excluding steroid dienone is 2. The molecule has 0 fully saturated rings. The van der Waals surface area contributed by atoms with E-state index in [2.05, 4.69) is 8.37 Å². The molecule has 1 rings (SSSR count). The van der Waals surface area contributed by atoms with Crippen LogP contribution in [0.2, 0.25) is 0 Å². The first-order valence-electron chi connectivity index (χ1n) is 5.36. The van der Waals surface area contributed by atoms with E-state index in [0.717, 1.165) is 13.8 Å². The third kappa shape index (κ3) is 3.73. The summed E-state index contributed by atoms with van der Waals surface area (Å²) < 4.78 is 125. The van der Waals surface area contributed by atoms with Crippen LogP contribution in [0.3, 0.4) is 0 Å². The van der Waals surface area contributed by atoms with Gasteiger partial charge in [-0.1, -0.05) is 0 Å². The lowest BCUT2D eigenvalue weighted by atomic mass is 9.92.